The van der Waals surface area contributed by atoms with Gasteiger partial charge in [-0.1, -0.05) is 19.9 Å². The maximum absolute atomic E-state index is 13.0. The first-order valence-electron chi connectivity index (χ1n) is 5.80. The zero-order valence-corrected chi connectivity index (χ0v) is 10.2. The van der Waals surface area contributed by atoms with Gasteiger partial charge in [0.15, 0.2) is 11.6 Å². The van der Waals surface area contributed by atoms with Crippen LogP contribution in [0.25, 0.3) is 0 Å². The summed E-state index contributed by atoms with van der Waals surface area (Å²) in [5, 5.41) is 9.84. The molecule has 0 radical (unpaired) electrons. The lowest BCUT2D eigenvalue weighted by molar-refractivity contribution is 0.128. The Morgan fingerprint density at radius 1 is 1.18 bits per heavy atom. The number of halogens is 2. The first-order valence-corrected chi connectivity index (χ1v) is 5.80. The lowest BCUT2D eigenvalue weighted by Crippen LogP contribution is -2.26. The van der Waals surface area contributed by atoms with Crippen LogP contribution in [0.1, 0.15) is 38.3 Å². The predicted octanol–water partition coefficient (Wildman–Crippen LogP) is 2.76. The van der Waals surface area contributed by atoms with Crippen LogP contribution in [0, 0.1) is 17.6 Å². The minimum Gasteiger partial charge on any atom is -0.391 e. The summed E-state index contributed by atoms with van der Waals surface area (Å²) in [6, 6.07) is 2.80. The average molecular weight is 243 g/mol. The van der Waals surface area contributed by atoms with E-state index in [0.717, 1.165) is 18.6 Å². The number of nitrogens with two attached hydrogens (primary N) is 1. The molecule has 0 fully saturated rings. The second-order valence-corrected chi connectivity index (χ2v) is 4.74. The molecule has 17 heavy (non-hydrogen) atoms. The van der Waals surface area contributed by atoms with Gasteiger partial charge in [0.25, 0.3) is 0 Å². The van der Waals surface area contributed by atoms with Gasteiger partial charge in [-0.2, -0.15) is 0 Å². The van der Waals surface area contributed by atoms with Crippen molar-refractivity contribution in [3.63, 3.8) is 0 Å². The first kappa shape index (κ1) is 14.1. The third-order valence-electron chi connectivity index (χ3n) is 2.78. The number of benzene rings is 1. The molecule has 3 N–H and O–H groups in total. The van der Waals surface area contributed by atoms with Crippen LogP contribution in [0.3, 0.4) is 0 Å². The normalized spacial score (nSPS) is 15.0. The van der Waals surface area contributed by atoms with Gasteiger partial charge >= 0.3 is 0 Å². The van der Waals surface area contributed by atoms with Crippen LogP contribution in [0.5, 0.6) is 0 Å². The third kappa shape index (κ3) is 4.06. The maximum Gasteiger partial charge on any atom is 0.159 e. The highest BCUT2D eigenvalue weighted by Gasteiger charge is 2.18. The Bertz CT molecular complexity index is 368. The van der Waals surface area contributed by atoms with Gasteiger partial charge in [0.2, 0.25) is 0 Å². The number of hydrogen-bond acceptors (Lipinski definition) is 2. The molecule has 1 aromatic rings. The minimum absolute atomic E-state index is 0.417. The van der Waals surface area contributed by atoms with E-state index in [0.29, 0.717) is 17.9 Å². The fraction of sp³-hybridized carbons (Fsp3) is 0.538. The molecule has 1 rings (SSSR count). The van der Waals surface area contributed by atoms with E-state index in [9.17, 15) is 13.9 Å². The van der Waals surface area contributed by atoms with E-state index in [1.165, 1.54) is 6.07 Å². The maximum atomic E-state index is 13.0. The highest BCUT2D eigenvalue weighted by atomic mass is 19.2. The molecule has 0 unspecified atom stereocenters. The summed E-state index contributed by atoms with van der Waals surface area (Å²) in [7, 11) is 0. The minimum atomic E-state index is -0.936. The molecule has 0 heterocycles. The Kier molecular flexibility index (Phi) is 5.02. The van der Waals surface area contributed by atoms with Crippen LogP contribution in [-0.2, 0) is 0 Å². The Morgan fingerprint density at radius 2 is 1.82 bits per heavy atom. The molecule has 0 aliphatic carbocycles. The highest BCUT2D eigenvalue weighted by Crippen LogP contribution is 2.21. The van der Waals surface area contributed by atoms with Gasteiger partial charge in [-0.25, -0.2) is 8.78 Å². The van der Waals surface area contributed by atoms with Crippen LogP contribution in [0.4, 0.5) is 8.78 Å². The van der Waals surface area contributed by atoms with Crippen molar-refractivity contribution in [3.8, 4) is 0 Å². The number of rotatable bonds is 5. The lowest BCUT2D eigenvalue weighted by atomic mass is 9.96. The number of aliphatic hydroxyl groups is 1. The zero-order valence-electron chi connectivity index (χ0n) is 10.2. The fourth-order valence-corrected chi connectivity index (χ4v) is 1.63. The molecule has 0 amide bonds. The van der Waals surface area contributed by atoms with Crippen molar-refractivity contribution in [1.82, 2.24) is 0 Å². The van der Waals surface area contributed by atoms with Gasteiger partial charge in [-0.05, 0) is 36.5 Å². The molecule has 0 saturated carbocycles. The van der Waals surface area contributed by atoms with Crippen molar-refractivity contribution in [3.05, 3.63) is 35.4 Å². The number of hydrogen-bond donors (Lipinski definition) is 2. The summed E-state index contributed by atoms with van der Waals surface area (Å²) in [5.74, 6) is -1.37. The van der Waals surface area contributed by atoms with E-state index in [1.54, 1.807) is 0 Å². The van der Waals surface area contributed by atoms with E-state index in [4.69, 9.17) is 5.73 Å². The standard InChI is InChI=1S/C13H19F2NO/c1-8(2)3-6-12(17)13(16)9-4-5-10(14)11(15)7-9/h4-5,7-8,12-13,17H,3,6,16H2,1-2H3/t12-,13+/m0/s1. The second-order valence-electron chi connectivity index (χ2n) is 4.74. The molecule has 0 aromatic heterocycles. The van der Waals surface area contributed by atoms with Crippen molar-refractivity contribution >= 4 is 0 Å². The third-order valence-corrected chi connectivity index (χ3v) is 2.78. The van der Waals surface area contributed by atoms with Gasteiger partial charge < -0.3 is 10.8 Å². The number of aliphatic hydroxyl groups excluding tert-OH is 1. The van der Waals surface area contributed by atoms with E-state index in [-0.39, 0.29) is 0 Å². The summed E-state index contributed by atoms with van der Waals surface area (Å²) in [6.45, 7) is 4.10. The molecule has 2 nitrogen and oxygen atoms in total. The summed E-state index contributed by atoms with van der Waals surface area (Å²) < 4.78 is 25.7. The molecule has 0 saturated heterocycles. The van der Waals surface area contributed by atoms with Gasteiger partial charge in [-0.3, -0.25) is 0 Å². The van der Waals surface area contributed by atoms with Crippen LogP contribution < -0.4 is 5.73 Å². The van der Waals surface area contributed by atoms with Gasteiger partial charge in [0.05, 0.1) is 12.1 Å². The Hall–Kier alpha value is -1.00. The molecule has 0 bridgehead atoms. The van der Waals surface area contributed by atoms with Crippen LogP contribution in [0.15, 0.2) is 18.2 Å². The largest absolute Gasteiger partial charge is 0.391 e. The molecule has 0 aliphatic heterocycles. The molecular weight excluding hydrogens is 224 g/mol. The van der Waals surface area contributed by atoms with Gasteiger partial charge in [-0.15, -0.1) is 0 Å². The smallest absolute Gasteiger partial charge is 0.159 e. The monoisotopic (exact) mass is 243 g/mol. The van der Waals surface area contributed by atoms with Gasteiger partial charge in [0, 0.05) is 0 Å². The summed E-state index contributed by atoms with van der Waals surface area (Å²) >= 11 is 0. The summed E-state index contributed by atoms with van der Waals surface area (Å²) in [4.78, 5) is 0. The van der Waals surface area contributed by atoms with E-state index in [1.807, 2.05) is 0 Å². The van der Waals surface area contributed by atoms with Crippen molar-refractivity contribution in [2.45, 2.75) is 38.8 Å². The Labute approximate surface area is 100 Å². The van der Waals surface area contributed by atoms with E-state index in [2.05, 4.69) is 13.8 Å². The Balaban J connectivity index is 2.67. The Morgan fingerprint density at radius 3 is 2.35 bits per heavy atom. The highest BCUT2D eigenvalue weighted by molar-refractivity contribution is 5.21. The molecule has 4 heteroatoms. The molecule has 1 aromatic carbocycles. The van der Waals surface area contributed by atoms with Crippen molar-refractivity contribution in [2.75, 3.05) is 0 Å². The molecule has 0 spiro atoms. The quantitative estimate of drug-likeness (QED) is 0.835. The summed E-state index contributed by atoms with van der Waals surface area (Å²) in [6.07, 6.45) is 0.665. The van der Waals surface area contributed by atoms with Crippen molar-refractivity contribution in [1.29, 1.82) is 0 Å². The molecule has 96 valence electrons. The van der Waals surface area contributed by atoms with Crippen molar-refractivity contribution in [2.24, 2.45) is 11.7 Å². The topological polar surface area (TPSA) is 46.2 Å². The predicted molar refractivity (Wildman–Crippen MR) is 63.4 cm³/mol. The molecular formula is C13H19F2NO. The molecule has 0 aliphatic rings. The van der Waals surface area contributed by atoms with Crippen LogP contribution in [-0.4, -0.2) is 11.2 Å². The van der Waals surface area contributed by atoms with Crippen LogP contribution in [0.2, 0.25) is 0 Å². The van der Waals surface area contributed by atoms with Crippen LogP contribution >= 0.6 is 0 Å². The van der Waals surface area contributed by atoms with E-state index >= 15 is 0 Å². The average Bonchev–Trinajstić information content (AvgIpc) is 2.28. The second kappa shape index (κ2) is 6.07. The molecule has 2 atom stereocenters. The SMILES string of the molecule is CC(C)CC[C@H](O)[C@H](N)c1ccc(F)c(F)c1. The zero-order chi connectivity index (χ0) is 13.0. The summed E-state index contributed by atoms with van der Waals surface area (Å²) in [5.41, 5.74) is 6.22. The fourth-order valence-electron chi connectivity index (χ4n) is 1.63. The lowest BCUT2D eigenvalue weighted by Gasteiger charge is -2.20. The van der Waals surface area contributed by atoms with Gasteiger partial charge in [0.1, 0.15) is 0 Å². The van der Waals surface area contributed by atoms with Crippen molar-refractivity contribution < 1.29 is 13.9 Å². The first-order chi connectivity index (χ1) is 7.91. The van der Waals surface area contributed by atoms with E-state index < -0.39 is 23.8 Å².